The molecule has 0 saturated carbocycles. The fourth-order valence-electron chi connectivity index (χ4n) is 5.22. The van der Waals surface area contributed by atoms with Gasteiger partial charge in [-0.2, -0.15) is 49.5 Å². The van der Waals surface area contributed by atoms with Crippen molar-refractivity contribution in [2.45, 2.75) is 63.3 Å². The van der Waals surface area contributed by atoms with Gasteiger partial charge < -0.3 is 9.64 Å². The molecule has 0 radical (unpaired) electrons. The van der Waals surface area contributed by atoms with Crippen molar-refractivity contribution in [1.29, 1.82) is 0 Å². The van der Waals surface area contributed by atoms with Crippen molar-refractivity contribution >= 4 is 17.7 Å². The number of benzene rings is 1. The van der Waals surface area contributed by atoms with Crippen LogP contribution in [-0.4, -0.2) is 64.6 Å². The summed E-state index contributed by atoms with van der Waals surface area (Å²) in [6.07, 6.45) is -16.2. The molecule has 5 rings (SSSR count). The molecule has 4 heterocycles. The van der Waals surface area contributed by atoms with Crippen LogP contribution in [0.15, 0.2) is 30.3 Å². The van der Waals surface area contributed by atoms with E-state index in [0.717, 1.165) is 20.7 Å². The highest BCUT2D eigenvalue weighted by Crippen LogP contribution is 2.44. The van der Waals surface area contributed by atoms with Crippen LogP contribution in [0.1, 0.15) is 59.7 Å². The lowest BCUT2D eigenvalue weighted by Gasteiger charge is -2.43. The third-order valence-corrected chi connectivity index (χ3v) is 7.37. The number of carbonyl (C=O) groups is 1. The van der Waals surface area contributed by atoms with Gasteiger partial charge >= 0.3 is 24.6 Å². The number of hydrogen-bond acceptors (Lipinski definition) is 10. The molecule has 0 fully saturated rings. The zero-order valence-electron chi connectivity index (χ0n) is 24.8. The summed E-state index contributed by atoms with van der Waals surface area (Å²) in [5.41, 5.74) is -5.57. The number of nitrogens with one attached hydrogen (secondary N) is 1. The maximum atomic E-state index is 13.9. The maximum absolute atomic E-state index is 13.9. The molecule has 0 saturated heterocycles. The minimum Gasteiger partial charge on any atom is -0.449 e. The van der Waals surface area contributed by atoms with Gasteiger partial charge in [-0.05, 0) is 54.0 Å². The maximum Gasteiger partial charge on any atom is 0.433 e. The highest BCUT2D eigenvalue weighted by Gasteiger charge is 2.44. The van der Waals surface area contributed by atoms with Crippen LogP contribution >= 0.6 is 0 Å². The number of aromatic nitrogens is 9. The van der Waals surface area contributed by atoms with E-state index >= 15 is 0 Å². The molecule has 1 aromatic carbocycles. The summed E-state index contributed by atoms with van der Waals surface area (Å²) >= 11 is 0. The zero-order chi connectivity index (χ0) is 35.0. The number of aryl methyl sites for hydroxylation is 1. The van der Waals surface area contributed by atoms with Crippen molar-refractivity contribution in [2.75, 3.05) is 16.4 Å². The molecule has 22 heteroatoms. The first-order valence-electron chi connectivity index (χ1n) is 14.0. The van der Waals surface area contributed by atoms with Crippen LogP contribution < -0.4 is 9.80 Å². The number of amides is 1. The van der Waals surface area contributed by atoms with Gasteiger partial charge in [0.2, 0.25) is 0 Å². The van der Waals surface area contributed by atoms with Crippen LogP contribution in [0.25, 0.3) is 0 Å². The molecular formula is C26H24F9N11O2. The standard InChI is InChI=1S/C26H24F9N11O2/c1-3-16-11-18(21-17(4-5-19(36-21)26(33,34)35)46(16)23(47)48-7-6-20-37-41-42-38-20)45(22-39-43-44(2)40-22)12-13-8-14(24(27,28)29)10-15(9-13)25(30,31)32/h4-5,8-10,16,18H,3,6-7,11-12H2,1-2H3,(H,37,38,41,42)/t16-,18+/m1/s1. The molecule has 13 nitrogen and oxygen atoms in total. The van der Waals surface area contributed by atoms with Crippen LogP contribution in [-0.2, 0) is 43.3 Å². The molecule has 0 aliphatic carbocycles. The number of fused-ring (bicyclic) bond motifs is 1. The molecule has 1 amide bonds. The van der Waals surface area contributed by atoms with Crippen LogP contribution in [0.4, 0.5) is 55.9 Å². The largest absolute Gasteiger partial charge is 0.449 e. The number of hydrogen-bond donors (Lipinski definition) is 1. The first kappa shape index (κ1) is 34.3. The van der Waals surface area contributed by atoms with Crippen LogP contribution in [0.3, 0.4) is 0 Å². The highest BCUT2D eigenvalue weighted by atomic mass is 19.4. The van der Waals surface area contributed by atoms with Gasteiger partial charge in [-0.15, -0.1) is 15.3 Å². The van der Waals surface area contributed by atoms with E-state index in [-0.39, 0.29) is 55.1 Å². The molecule has 0 bridgehead atoms. The lowest BCUT2D eigenvalue weighted by molar-refractivity contribution is -0.143. The normalized spacial score (nSPS) is 16.9. The molecule has 2 atom stereocenters. The Bertz CT molecular complexity index is 1710. The van der Waals surface area contributed by atoms with Gasteiger partial charge in [-0.3, -0.25) is 4.90 Å². The fraction of sp³-hybridized carbons (Fsp3) is 0.462. The van der Waals surface area contributed by atoms with E-state index < -0.39 is 65.6 Å². The van der Waals surface area contributed by atoms with Crippen molar-refractivity contribution in [3.05, 3.63) is 64.2 Å². The smallest absolute Gasteiger partial charge is 0.433 e. The average molecular weight is 694 g/mol. The van der Waals surface area contributed by atoms with Gasteiger partial charge in [-0.25, -0.2) is 9.78 Å². The minimum absolute atomic E-state index is 0.0449. The van der Waals surface area contributed by atoms with Crippen molar-refractivity contribution in [2.24, 2.45) is 7.05 Å². The van der Waals surface area contributed by atoms with Gasteiger partial charge in [0.05, 0.1) is 35.6 Å². The number of aromatic amines is 1. The second-order valence-corrected chi connectivity index (χ2v) is 10.6. The summed E-state index contributed by atoms with van der Waals surface area (Å²) in [5, 5.41) is 24.7. The van der Waals surface area contributed by atoms with E-state index in [1.807, 2.05) is 0 Å². The topological polar surface area (TPSA) is 144 Å². The third kappa shape index (κ3) is 7.40. The van der Waals surface area contributed by atoms with Crippen LogP contribution in [0.5, 0.6) is 0 Å². The van der Waals surface area contributed by atoms with Gasteiger partial charge in [0.15, 0.2) is 5.82 Å². The Morgan fingerprint density at radius 3 is 2.23 bits per heavy atom. The summed E-state index contributed by atoms with van der Waals surface area (Å²) in [6.45, 7) is 0.689. The van der Waals surface area contributed by atoms with Crippen molar-refractivity contribution in [1.82, 2.24) is 45.8 Å². The first-order chi connectivity index (χ1) is 22.5. The number of nitrogens with zero attached hydrogens (tertiary/aromatic N) is 10. The first-order valence-corrected chi connectivity index (χ1v) is 14.0. The summed E-state index contributed by atoms with van der Waals surface area (Å²) in [6, 6.07) is 0.472. The Morgan fingerprint density at radius 2 is 1.69 bits per heavy atom. The van der Waals surface area contributed by atoms with E-state index in [1.54, 1.807) is 6.92 Å². The van der Waals surface area contributed by atoms with Crippen molar-refractivity contribution in [3.63, 3.8) is 0 Å². The number of anilines is 2. The number of carbonyl (C=O) groups excluding carboxylic acids is 1. The number of halogens is 9. The number of rotatable bonds is 8. The fourth-order valence-corrected chi connectivity index (χ4v) is 5.22. The second kappa shape index (κ2) is 12.9. The number of tetrazole rings is 2. The third-order valence-electron chi connectivity index (χ3n) is 7.37. The number of H-pyrrole nitrogens is 1. The number of pyridine rings is 1. The summed E-state index contributed by atoms with van der Waals surface area (Å²) in [4.78, 5) is 20.3. The van der Waals surface area contributed by atoms with Gasteiger partial charge in [0.1, 0.15) is 12.3 Å². The molecular weight excluding hydrogens is 669 g/mol. The van der Waals surface area contributed by atoms with E-state index in [2.05, 4.69) is 41.0 Å². The molecule has 48 heavy (non-hydrogen) atoms. The Labute approximate surface area is 264 Å². The molecule has 4 aromatic rings. The van der Waals surface area contributed by atoms with Crippen molar-refractivity contribution in [3.8, 4) is 0 Å². The molecule has 1 aliphatic rings. The predicted octanol–water partition coefficient (Wildman–Crippen LogP) is 5.29. The second-order valence-electron chi connectivity index (χ2n) is 10.6. The molecule has 1 aliphatic heterocycles. The quantitative estimate of drug-likeness (QED) is 0.242. The van der Waals surface area contributed by atoms with E-state index in [4.69, 9.17) is 4.74 Å². The Balaban J connectivity index is 1.61. The Hall–Kier alpha value is -5.05. The Morgan fingerprint density at radius 1 is 1.00 bits per heavy atom. The minimum atomic E-state index is -5.16. The van der Waals surface area contributed by atoms with Crippen LogP contribution in [0.2, 0.25) is 0 Å². The van der Waals surface area contributed by atoms with E-state index in [9.17, 15) is 44.3 Å². The molecule has 0 unspecified atom stereocenters. The predicted molar refractivity (Wildman–Crippen MR) is 144 cm³/mol. The van der Waals surface area contributed by atoms with Crippen LogP contribution in [0, 0.1) is 0 Å². The van der Waals surface area contributed by atoms with E-state index in [0.29, 0.717) is 18.2 Å². The SMILES string of the molecule is CC[C@@H]1C[C@H](N(Cc2cc(C(F)(F)F)cc(C(F)(F)F)c2)c2nnn(C)n2)c2nc(C(F)(F)F)ccc2N1C(=O)OCCc1nn[nH]n1. The molecule has 258 valence electrons. The number of ether oxygens (including phenoxy) is 1. The molecule has 3 aromatic heterocycles. The molecule has 1 N–H and O–H groups in total. The number of alkyl halides is 9. The highest BCUT2D eigenvalue weighted by molar-refractivity contribution is 5.90. The van der Waals surface area contributed by atoms with Gasteiger partial charge in [0.25, 0.3) is 5.95 Å². The summed E-state index contributed by atoms with van der Waals surface area (Å²) in [5.74, 6) is -0.106. The summed E-state index contributed by atoms with van der Waals surface area (Å²) in [7, 11) is 1.33. The zero-order valence-corrected chi connectivity index (χ0v) is 24.8. The Kier molecular flexibility index (Phi) is 9.19. The van der Waals surface area contributed by atoms with E-state index in [1.165, 1.54) is 7.05 Å². The van der Waals surface area contributed by atoms with Crippen molar-refractivity contribution < 1.29 is 49.0 Å². The van der Waals surface area contributed by atoms with Gasteiger partial charge in [-0.1, -0.05) is 17.2 Å². The lowest BCUT2D eigenvalue weighted by atomic mass is 9.91. The monoisotopic (exact) mass is 693 g/mol. The van der Waals surface area contributed by atoms with Gasteiger partial charge in [0, 0.05) is 19.0 Å². The average Bonchev–Trinajstić information content (AvgIpc) is 3.69. The summed E-state index contributed by atoms with van der Waals surface area (Å²) < 4.78 is 129. The molecule has 0 spiro atoms. The lowest BCUT2D eigenvalue weighted by Crippen LogP contribution is -2.48.